The van der Waals surface area contributed by atoms with Crippen LogP contribution in [0.15, 0.2) is 27.2 Å². The maximum Gasteiger partial charge on any atom is 0.223 e. The van der Waals surface area contributed by atoms with Crippen molar-refractivity contribution in [3.63, 3.8) is 0 Å². The number of benzene rings is 1. The van der Waals surface area contributed by atoms with E-state index in [-0.39, 0.29) is 0 Å². The Kier molecular flexibility index (Phi) is 2.52. The standard InChI is InChI=1S/C10H6BrN3O/c1-6-13-10(14-15-6)7-2-3-9(11)8(4-7)5-12/h2-4H,1H3. The highest BCUT2D eigenvalue weighted by molar-refractivity contribution is 9.10. The zero-order valence-electron chi connectivity index (χ0n) is 7.86. The lowest BCUT2D eigenvalue weighted by Gasteiger charge is -1.97. The molecule has 1 heterocycles. The lowest BCUT2D eigenvalue weighted by molar-refractivity contribution is 0.394. The second kappa shape index (κ2) is 3.83. The average Bonchev–Trinajstić information content (AvgIpc) is 2.66. The predicted molar refractivity (Wildman–Crippen MR) is 56.9 cm³/mol. The molecule has 74 valence electrons. The van der Waals surface area contributed by atoms with Gasteiger partial charge >= 0.3 is 0 Å². The number of nitrogens with zero attached hydrogens (tertiary/aromatic N) is 3. The van der Waals surface area contributed by atoms with Crippen molar-refractivity contribution in [2.24, 2.45) is 0 Å². The molecular weight excluding hydrogens is 258 g/mol. The zero-order valence-corrected chi connectivity index (χ0v) is 9.45. The first-order valence-electron chi connectivity index (χ1n) is 4.21. The van der Waals surface area contributed by atoms with Crippen LogP contribution in [0.3, 0.4) is 0 Å². The Morgan fingerprint density at radius 1 is 1.47 bits per heavy atom. The molecule has 0 radical (unpaired) electrons. The Labute approximate surface area is 94.7 Å². The molecule has 0 unspecified atom stereocenters. The Bertz CT molecular complexity index is 542. The molecule has 0 atom stereocenters. The largest absolute Gasteiger partial charge is 0.339 e. The first kappa shape index (κ1) is 9.87. The molecule has 0 aliphatic rings. The second-order valence-corrected chi connectivity index (χ2v) is 3.80. The van der Waals surface area contributed by atoms with E-state index >= 15 is 0 Å². The number of hydrogen-bond acceptors (Lipinski definition) is 4. The van der Waals surface area contributed by atoms with Crippen LogP contribution in [-0.2, 0) is 0 Å². The molecule has 1 aromatic heterocycles. The fourth-order valence-corrected chi connectivity index (χ4v) is 1.50. The topological polar surface area (TPSA) is 62.7 Å². The van der Waals surface area contributed by atoms with Crippen LogP contribution in [0.1, 0.15) is 11.5 Å². The summed E-state index contributed by atoms with van der Waals surface area (Å²) in [6, 6.07) is 7.42. The van der Waals surface area contributed by atoms with Crippen molar-refractivity contribution in [2.45, 2.75) is 6.92 Å². The van der Waals surface area contributed by atoms with Gasteiger partial charge in [0.05, 0.1) is 5.56 Å². The minimum atomic E-state index is 0.497. The fraction of sp³-hybridized carbons (Fsp3) is 0.100. The van der Waals surface area contributed by atoms with E-state index < -0.39 is 0 Å². The highest BCUT2D eigenvalue weighted by atomic mass is 79.9. The van der Waals surface area contributed by atoms with Crippen molar-refractivity contribution in [1.82, 2.24) is 10.1 Å². The van der Waals surface area contributed by atoms with E-state index in [9.17, 15) is 0 Å². The highest BCUT2D eigenvalue weighted by Gasteiger charge is 2.07. The summed E-state index contributed by atoms with van der Waals surface area (Å²) in [5.74, 6) is 1.00. The SMILES string of the molecule is Cc1nc(-c2ccc(Br)c(C#N)c2)no1. The van der Waals surface area contributed by atoms with Crippen LogP contribution in [0.25, 0.3) is 11.4 Å². The minimum absolute atomic E-state index is 0.497. The Morgan fingerprint density at radius 2 is 2.27 bits per heavy atom. The lowest BCUT2D eigenvalue weighted by atomic mass is 10.1. The maximum atomic E-state index is 8.85. The third kappa shape index (κ3) is 1.90. The minimum Gasteiger partial charge on any atom is -0.339 e. The molecule has 0 N–H and O–H groups in total. The highest BCUT2D eigenvalue weighted by Crippen LogP contribution is 2.22. The summed E-state index contributed by atoms with van der Waals surface area (Å²) in [5.41, 5.74) is 1.32. The summed E-state index contributed by atoms with van der Waals surface area (Å²) < 4.78 is 5.63. The van der Waals surface area contributed by atoms with Crippen molar-refractivity contribution < 1.29 is 4.52 Å². The summed E-state index contributed by atoms with van der Waals surface area (Å²) in [6.07, 6.45) is 0. The molecule has 15 heavy (non-hydrogen) atoms. The second-order valence-electron chi connectivity index (χ2n) is 2.94. The van der Waals surface area contributed by atoms with E-state index in [2.05, 4.69) is 32.1 Å². The summed E-state index contributed by atoms with van der Waals surface area (Å²) in [5, 5.41) is 12.6. The van der Waals surface area contributed by atoms with Crippen LogP contribution in [0.5, 0.6) is 0 Å². The third-order valence-corrected chi connectivity index (χ3v) is 2.56. The lowest BCUT2D eigenvalue weighted by Crippen LogP contribution is -1.84. The molecule has 0 spiro atoms. The smallest absolute Gasteiger partial charge is 0.223 e. The van der Waals surface area contributed by atoms with Gasteiger partial charge < -0.3 is 4.52 Å². The van der Waals surface area contributed by atoms with Crippen molar-refractivity contribution in [3.8, 4) is 17.5 Å². The number of rotatable bonds is 1. The molecule has 0 aliphatic heterocycles. The van der Waals surface area contributed by atoms with Crippen LogP contribution in [-0.4, -0.2) is 10.1 Å². The monoisotopic (exact) mass is 263 g/mol. The first-order valence-corrected chi connectivity index (χ1v) is 5.00. The van der Waals surface area contributed by atoms with Gasteiger partial charge in [-0.05, 0) is 34.1 Å². The van der Waals surface area contributed by atoms with Gasteiger partial charge in [-0.2, -0.15) is 10.2 Å². The predicted octanol–water partition coefficient (Wildman–Crippen LogP) is 2.68. The molecule has 0 fully saturated rings. The van der Waals surface area contributed by atoms with Gasteiger partial charge in [-0.1, -0.05) is 5.16 Å². The van der Waals surface area contributed by atoms with Gasteiger partial charge in [0.1, 0.15) is 6.07 Å². The number of aromatic nitrogens is 2. The molecular formula is C10H6BrN3O. The molecule has 2 aromatic rings. The summed E-state index contributed by atoms with van der Waals surface area (Å²) in [7, 11) is 0. The van der Waals surface area contributed by atoms with Gasteiger partial charge in [0, 0.05) is 17.0 Å². The number of halogens is 1. The van der Waals surface area contributed by atoms with Gasteiger partial charge in [0.2, 0.25) is 11.7 Å². The maximum absolute atomic E-state index is 8.85. The summed E-state index contributed by atoms with van der Waals surface area (Å²) in [4.78, 5) is 4.08. The number of nitriles is 1. The molecule has 0 bridgehead atoms. The molecule has 0 saturated carbocycles. The zero-order chi connectivity index (χ0) is 10.8. The van der Waals surface area contributed by atoms with Gasteiger partial charge in [-0.25, -0.2) is 0 Å². The first-order chi connectivity index (χ1) is 7.20. The van der Waals surface area contributed by atoms with E-state index in [4.69, 9.17) is 9.78 Å². The number of hydrogen-bond donors (Lipinski definition) is 0. The van der Waals surface area contributed by atoms with Crippen LogP contribution in [0, 0.1) is 18.3 Å². The number of aryl methyl sites for hydroxylation is 1. The van der Waals surface area contributed by atoms with Crippen LogP contribution in [0.4, 0.5) is 0 Å². The fourth-order valence-electron chi connectivity index (χ4n) is 1.17. The molecule has 5 heteroatoms. The quantitative estimate of drug-likeness (QED) is 0.794. The average molecular weight is 264 g/mol. The van der Waals surface area contributed by atoms with Gasteiger partial charge in [-0.15, -0.1) is 0 Å². The van der Waals surface area contributed by atoms with Gasteiger partial charge in [-0.3, -0.25) is 0 Å². The molecule has 2 rings (SSSR count). The Balaban J connectivity index is 2.51. The summed E-state index contributed by atoms with van der Waals surface area (Å²) in [6.45, 7) is 1.72. The Hall–Kier alpha value is -1.67. The van der Waals surface area contributed by atoms with E-state index in [0.717, 1.165) is 10.0 Å². The van der Waals surface area contributed by atoms with Crippen molar-refractivity contribution >= 4 is 15.9 Å². The van der Waals surface area contributed by atoms with E-state index in [0.29, 0.717) is 17.3 Å². The van der Waals surface area contributed by atoms with Gasteiger partial charge in [0.15, 0.2) is 0 Å². The Morgan fingerprint density at radius 3 is 2.87 bits per heavy atom. The summed E-state index contributed by atoms with van der Waals surface area (Å²) >= 11 is 3.28. The molecule has 4 nitrogen and oxygen atoms in total. The van der Waals surface area contributed by atoms with Crippen LogP contribution < -0.4 is 0 Å². The van der Waals surface area contributed by atoms with Crippen molar-refractivity contribution in [2.75, 3.05) is 0 Å². The van der Waals surface area contributed by atoms with Crippen molar-refractivity contribution in [3.05, 3.63) is 34.1 Å². The van der Waals surface area contributed by atoms with Crippen LogP contribution >= 0.6 is 15.9 Å². The molecule has 1 aromatic carbocycles. The van der Waals surface area contributed by atoms with E-state index in [1.54, 1.807) is 19.1 Å². The molecule has 0 aliphatic carbocycles. The third-order valence-electron chi connectivity index (χ3n) is 1.87. The van der Waals surface area contributed by atoms with E-state index in [1.807, 2.05) is 6.07 Å². The normalized spacial score (nSPS) is 9.93. The van der Waals surface area contributed by atoms with Crippen molar-refractivity contribution in [1.29, 1.82) is 5.26 Å². The molecule has 0 amide bonds. The van der Waals surface area contributed by atoms with E-state index in [1.165, 1.54) is 0 Å². The molecule has 0 saturated heterocycles. The van der Waals surface area contributed by atoms with Gasteiger partial charge in [0.25, 0.3) is 0 Å². The van der Waals surface area contributed by atoms with Crippen LogP contribution in [0.2, 0.25) is 0 Å².